The molecule has 118 valence electrons. The lowest BCUT2D eigenvalue weighted by Gasteiger charge is -2.12. The van der Waals surface area contributed by atoms with E-state index in [1.807, 2.05) is 51.1 Å². The summed E-state index contributed by atoms with van der Waals surface area (Å²) in [5.74, 6) is -0.0179. The maximum atomic E-state index is 12.6. The average molecular weight is 325 g/mol. The van der Waals surface area contributed by atoms with Crippen molar-refractivity contribution in [3.8, 4) is 6.07 Å². The molecule has 0 saturated carbocycles. The Bertz CT molecular complexity index is 863. The molecule has 0 spiro atoms. The summed E-state index contributed by atoms with van der Waals surface area (Å²) >= 11 is 0. The predicted molar refractivity (Wildman–Crippen MR) is 92.6 cm³/mol. The average Bonchev–Trinajstić information content (AvgIpc) is 2.49. The molecule has 0 radical (unpaired) electrons. The molecule has 4 heteroatoms. The van der Waals surface area contributed by atoms with Gasteiger partial charge in [-0.05, 0) is 61.2 Å². The first-order valence-electron chi connectivity index (χ1n) is 7.29. The van der Waals surface area contributed by atoms with Crippen molar-refractivity contribution in [2.45, 2.75) is 31.4 Å². The van der Waals surface area contributed by atoms with E-state index >= 15 is 0 Å². The lowest BCUT2D eigenvalue weighted by Crippen LogP contribution is -2.08. The maximum Gasteiger partial charge on any atom is 0.182 e. The van der Waals surface area contributed by atoms with Crippen molar-refractivity contribution in [1.29, 1.82) is 5.26 Å². The summed E-state index contributed by atoms with van der Waals surface area (Å²) in [5, 5.41) is 8.60. The third kappa shape index (κ3) is 4.08. The molecule has 0 aliphatic rings. The van der Waals surface area contributed by atoms with E-state index < -0.39 is 9.84 Å². The fraction of sp³-hybridized carbons (Fsp3) is 0.211. The molecule has 0 saturated heterocycles. The summed E-state index contributed by atoms with van der Waals surface area (Å²) in [6.45, 7) is 5.73. The third-order valence-corrected chi connectivity index (χ3v) is 5.44. The van der Waals surface area contributed by atoms with Crippen LogP contribution in [0.4, 0.5) is 0 Å². The van der Waals surface area contributed by atoms with Crippen molar-refractivity contribution >= 4 is 15.9 Å². The lowest BCUT2D eigenvalue weighted by molar-refractivity contribution is 0.595. The minimum absolute atomic E-state index is 0.0179. The van der Waals surface area contributed by atoms with E-state index in [1.54, 1.807) is 18.2 Å². The van der Waals surface area contributed by atoms with E-state index in [2.05, 4.69) is 0 Å². The number of allylic oxidation sites excluding steroid dienone is 1. The van der Waals surface area contributed by atoms with Crippen LogP contribution in [-0.4, -0.2) is 8.42 Å². The van der Waals surface area contributed by atoms with Gasteiger partial charge in [-0.25, -0.2) is 8.42 Å². The molecule has 3 nitrogen and oxygen atoms in total. The van der Waals surface area contributed by atoms with Crippen LogP contribution in [0.5, 0.6) is 0 Å². The summed E-state index contributed by atoms with van der Waals surface area (Å²) in [6, 6.07) is 12.7. The zero-order chi connectivity index (χ0) is 17.0. The molecule has 0 atom stereocenters. The second-order valence-electron chi connectivity index (χ2n) is 5.67. The first kappa shape index (κ1) is 17.0. The molecule has 0 unspecified atom stereocenters. The zero-order valence-corrected chi connectivity index (χ0v) is 14.3. The SMILES string of the molecule is Cc1ccc(S(=O)(=O)Cc2c(C)cc(/C=C/C#N)cc2C)cc1. The molecule has 2 aromatic rings. The number of benzene rings is 2. The van der Waals surface area contributed by atoms with Crippen LogP contribution in [0.2, 0.25) is 0 Å². The number of sulfone groups is 1. The Balaban J connectivity index is 2.38. The van der Waals surface area contributed by atoms with Crippen LogP contribution in [0, 0.1) is 32.1 Å². The number of nitrogens with zero attached hydrogens (tertiary/aromatic N) is 1. The fourth-order valence-corrected chi connectivity index (χ4v) is 4.06. The summed E-state index contributed by atoms with van der Waals surface area (Å²) in [4.78, 5) is 0.343. The Morgan fingerprint density at radius 3 is 2.13 bits per heavy atom. The highest BCUT2D eigenvalue weighted by atomic mass is 32.2. The minimum Gasteiger partial charge on any atom is -0.223 e. The van der Waals surface area contributed by atoms with Crippen LogP contribution in [-0.2, 0) is 15.6 Å². The molecular weight excluding hydrogens is 306 g/mol. The van der Waals surface area contributed by atoms with Crippen molar-refractivity contribution in [3.63, 3.8) is 0 Å². The third-order valence-electron chi connectivity index (χ3n) is 3.78. The van der Waals surface area contributed by atoms with Gasteiger partial charge in [0.15, 0.2) is 9.84 Å². The van der Waals surface area contributed by atoms with Gasteiger partial charge in [0, 0.05) is 6.08 Å². The van der Waals surface area contributed by atoms with Crippen molar-refractivity contribution < 1.29 is 8.42 Å². The molecule has 0 heterocycles. The Morgan fingerprint density at radius 2 is 1.61 bits per heavy atom. The molecule has 2 rings (SSSR count). The molecule has 2 aromatic carbocycles. The maximum absolute atomic E-state index is 12.6. The highest BCUT2D eigenvalue weighted by Gasteiger charge is 2.18. The first-order valence-corrected chi connectivity index (χ1v) is 8.94. The van der Waals surface area contributed by atoms with E-state index in [1.165, 1.54) is 6.08 Å². The van der Waals surface area contributed by atoms with Gasteiger partial charge >= 0.3 is 0 Å². The van der Waals surface area contributed by atoms with Gasteiger partial charge in [0.05, 0.1) is 16.7 Å². The molecule has 0 aromatic heterocycles. The highest BCUT2D eigenvalue weighted by Crippen LogP contribution is 2.23. The lowest BCUT2D eigenvalue weighted by atomic mass is 10.0. The van der Waals surface area contributed by atoms with Crippen LogP contribution < -0.4 is 0 Å². The molecule has 0 aliphatic heterocycles. The Kier molecular flexibility index (Phi) is 5.02. The fourth-order valence-electron chi connectivity index (χ4n) is 2.50. The Morgan fingerprint density at radius 1 is 1.04 bits per heavy atom. The van der Waals surface area contributed by atoms with Gasteiger partial charge in [-0.2, -0.15) is 5.26 Å². The van der Waals surface area contributed by atoms with Crippen molar-refractivity contribution in [2.24, 2.45) is 0 Å². The van der Waals surface area contributed by atoms with Crippen LogP contribution in [0.15, 0.2) is 47.4 Å². The number of rotatable bonds is 4. The first-order chi connectivity index (χ1) is 10.8. The van der Waals surface area contributed by atoms with Gasteiger partial charge < -0.3 is 0 Å². The number of aryl methyl sites for hydroxylation is 3. The van der Waals surface area contributed by atoms with Crippen LogP contribution >= 0.6 is 0 Å². The molecule has 0 amide bonds. The van der Waals surface area contributed by atoms with Gasteiger partial charge in [-0.1, -0.05) is 29.8 Å². The summed E-state index contributed by atoms with van der Waals surface area (Å²) in [6.07, 6.45) is 3.13. The van der Waals surface area contributed by atoms with E-state index in [9.17, 15) is 8.42 Å². The van der Waals surface area contributed by atoms with Gasteiger partial charge in [0.25, 0.3) is 0 Å². The number of hydrogen-bond donors (Lipinski definition) is 0. The monoisotopic (exact) mass is 325 g/mol. The van der Waals surface area contributed by atoms with Crippen LogP contribution in [0.25, 0.3) is 6.08 Å². The normalized spacial score (nSPS) is 11.6. The minimum atomic E-state index is -3.38. The van der Waals surface area contributed by atoms with Crippen molar-refractivity contribution in [3.05, 3.63) is 70.3 Å². The molecule has 0 N–H and O–H groups in total. The van der Waals surface area contributed by atoms with E-state index in [-0.39, 0.29) is 5.75 Å². The number of hydrogen-bond acceptors (Lipinski definition) is 3. The van der Waals surface area contributed by atoms with Crippen molar-refractivity contribution in [2.75, 3.05) is 0 Å². The van der Waals surface area contributed by atoms with Crippen molar-refractivity contribution in [1.82, 2.24) is 0 Å². The standard InChI is InChI=1S/C19H19NO2S/c1-14-6-8-18(9-7-14)23(21,22)13-19-15(2)11-17(5-4-10-20)12-16(19)3/h4-9,11-12H,13H2,1-3H3/b5-4+. The molecule has 0 bridgehead atoms. The summed E-state index contributed by atoms with van der Waals surface area (Å²) in [5.41, 5.74) is 4.58. The van der Waals surface area contributed by atoms with Gasteiger partial charge in [0.1, 0.15) is 0 Å². The smallest absolute Gasteiger partial charge is 0.182 e. The van der Waals surface area contributed by atoms with E-state index in [0.29, 0.717) is 4.90 Å². The largest absolute Gasteiger partial charge is 0.223 e. The topological polar surface area (TPSA) is 57.9 Å². The van der Waals surface area contributed by atoms with Crippen LogP contribution in [0.1, 0.15) is 27.8 Å². The van der Waals surface area contributed by atoms with Gasteiger partial charge in [0.2, 0.25) is 0 Å². The second-order valence-corrected chi connectivity index (χ2v) is 7.66. The second kappa shape index (κ2) is 6.80. The van der Waals surface area contributed by atoms with Gasteiger partial charge in [-0.3, -0.25) is 0 Å². The van der Waals surface area contributed by atoms with E-state index in [4.69, 9.17) is 5.26 Å². The molecular formula is C19H19NO2S. The van der Waals surface area contributed by atoms with Crippen LogP contribution in [0.3, 0.4) is 0 Å². The van der Waals surface area contributed by atoms with Gasteiger partial charge in [-0.15, -0.1) is 0 Å². The summed E-state index contributed by atoms with van der Waals surface area (Å²) < 4.78 is 25.2. The molecule has 23 heavy (non-hydrogen) atoms. The molecule has 0 aliphatic carbocycles. The summed E-state index contributed by atoms with van der Waals surface area (Å²) in [7, 11) is -3.38. The highest BCUT2D eigenvalue weighted by molar-refractivity contribution is 7.90. The quantitative estimate of drug-likeness (QED) is 0.794. The number of nitriles is 1. The Hall–Kier alpha value is -2.38. The molecule has 0 fully saturated rings. The predicted octanol–water partition coefficient (Wildman–Crippen LogP) is 4.12. The zero-order valence-electron chi connectivity index (χ0n) is 13.5. The Labute approximate surface area is 137 Å². The van der Waals surface area contributed by atoms with E-state index in [0.717, 1.165) is 27.8 Å².